The Labute approximate surface area is 229 Å². The summed E-state index contributed by atoms with van der Waals surface area (Å²) in [4.78, 5) is 40.1. The van der Waals surface area contributed by atoms with Crippen molar-refractivity contribution >= 4 is 17.7 Å². The fraction of sp³-hybridized carbons (Fsp3) is 0.719. The van der Waals surface area contributed by atoms with E-state index in [4.69, 9.17) is 15.2 Å². The Hall–Kier alpha value is -2.21. The van der Waals surface area contributed by atoms with E-state index in [9.17, 15) is 14.4 Å². The molecule has 2 saturated carbocycles. The molecule has 0 radical (unpaired) electrons. The number of benzene rings is 1. The third kappa shape index (κ3) is 6.50. The van der Waals surface area contributed by atoms with Crippen LogP contribution in [0.15, 0.2) is 18.2 Å². The lowest BCUT2D eigenvalue weighted by atomic mass is 9.82. The highest BCUT2D eigenvalue weighted by atomic mass is 16.5. The van der Waals surface area contributed by atoms with Gasteiger partial charge in [-0.2, -0.15) is 0 Å². The van der Waals surface area contributed by atoms with Crippen LogP contribution in [-0.4, -0.2) is 23.8 Å². The molecular weight excluding hydrogens is 478 g/mol. The van der Waals surface area contributed by atoms with Gasteiger partial charge < -0.3 is 15.2 Å². The molecular formula is C32H49NO5. The molecule has 0 bridgehead atoms. The predicted molar refractivity (Wildman–Crippen MR) is 150 cm³/mol. The first-order valence-corrected chi connectivity index (χ1v) is 14.4. The smallest absolute Gasteiger partial charge is 0.317 e. The highest BCUT2D eigenvalue weighted by Crippen LogP contribution is 2.47. The molecule has 2 fully saturated rings. The summed E-state index contributed by atoms with van der Waals surface area (Å²) in [7, 11) is 0. The lowest BCUT2D eigenvalue weighted by Gasteiger charge is -2.27. The molecule has 0 aromatic heterocycles. The summed E-state index contributed by atoms with van der Waals surface area (Å²) < 4.78 is 11.8. The first kappa shape index (κ1) is 30.3. The lowest BCUT2D eigenvalue weighted by Crippen LogP contribution is -2.42. The van der Waals surface area contributed by atoms with Crippen molar-refractivity contribution in [1.29, 1.82) is 0 Å². The molecule has 2 aliphatic rings. The molecule has 6 heteroatoms. The molecule has 5 atom stereocenters. The maximum absolute atomic E-state index is 13.5. The number of ketones is 1. The summed E-state index contributed by atoms with van der Waals surface area (Å²) in [6, 6.07) is 3.89. The van der Waals surface area contributed by atoms with Crippen molar-refractivity contribution in [2.24, 2.45) is 45.7 Å². The predicted octanol–water partition coefficient (Wildman–Crippen LogP) is 6.98. The molecule has 1 aromatic carbocycles. The van der Waals surface area contributed by atoms with Crippen LogP contribution < -0.4 is 15.2 Å². The van der Waals surface area contributed by atoms with Crippen molar-refractivity contribution in [1.82, 2.24) is 0 Å². The van der Waals surface area contributed by atoms with Crippen molar-refractivity contribution < 1.29 is 23.9 Å². The second-order valence-corrected chi connectivity index (χ2v) is 14.3. The van der Waals surface area contributed by atoms with Gasteiger partial charge in [-0.1, -0.05) is 48.5 Å². The number of Topliss-reactive ketones (excluding diaryl/α,β-unsaturated/α-hetero) is 1. The van der Waals surface area contributed by atoms with Gasteiger partial charge in [0.1, 0.15) is 11.5 Å². The van der Waals surface area contributed by atoms with E-state index in [1.807, 2.05) is 34.6 Å². The highest BCUT2D eigenvalue weighted by Gasteiger charge is 2.45. The van der Waals surface area contributed by atoms with Crippen LogP contribution in [0.3, 0.4) is 0 Å². The largest absolute Gasteiger partial charge is 0.426 e. The summed E-state index contributed by atoms with van der Waals surface area (Å²) in [6.45, 7) is 18.3. The molecule has 212 valence electrons. The van der Waals surface area contributed by atoms with E-state index < -0.39 is 22.3 Å². The minimum Gasteiger partial charge on any atom is -0.426 e. The molecule has 6 nitrogen and oxygen atoms in total. The van der Waals surface area contributed by atoms with Crippen molar-refractivity contribution in [3.63, 3.8) is 0 Å². The van der Waals surface area contributed by atoms with E-state index in [2.05, 4.69) is 27.7 Å². The Morgan fingerprint density at radius 2 is 1.34 bits per heavy atom. The second kappa shape index (κ2) is 11.1. The highest BCUT2D eigenvalue weighted by molar-refractivity contribution is 6.03. The number of nitrogens with two attached hydrogens (primary N) is 1. The van der Waals surface area contributed by atoms with Gasteiger partial charge >= 0.3 is 11.9 Å². The molecule has 5 unspecified atom stereocenters. The molecule has 1 aromatic rings. The second-order valence-electron chi connectivity index (χ2n) is 14.3. The Bertz CT molecular complexity index is 1050. The van der Waals surface area contributed by atoms with E-state index >= 15 is 0 Å². The third-order valence-corrected chi connectivity index (χ3v) is 9.28. The van der Waals surface area contributed by atoms with Crippen molar-refractivity contribution in [3.8, 4) is 11.5 Å². The summed E-state index contributed by atoms with van der Waals surface area (Å²) in [6.07, 6.45) is 5.03. The van der Waals surface area contributed by atoms with E-state index in [1.54, 1.807) is 12.1 Å². The van der Waals surface area contributed by atoms with Gasteiger partial charge in [0.25, 0.3) is 0 Å². The van der Waals surface area contributed by atoms with E-state index in [-0.39, 0.29) is 34.8 Å². The molecule has 0 aliphatic heterocycles. The fourth-order valence-corrected chi connectivity index (χ4v) is 5.95. The molecule has 0 saturated heterocycles. The fourth-order valence-electron chi connectivity index (χ4n) is 5.95. The lowest BCUT2D eigenvalue weighted by molar-refractivity contribution is -0.145. The Kier molecular flexibility index (Phi) is 8.87. The molecule has 2 aliphatic carbocycles. The maximum atomic E-state index is 13.5. The van der Waals surface area contributed by atoms with Crippen LogP contribution in [0.2, 0.25) is 0 Å². The minimum absolute atomic E-state index is 0.107. The van der Waals surface area contributed by atoms with E-state index in [0.29, 0.717) is 23.7 Å². The summed E-state index contributed by atoms with van der Waals surface area (Å²) in [5, 5.41) is 0. The van der Waals surface area contributed by atoms with Gasteiger partial charge in [-0.05, 0) is 93.6 Å². The van der Waals surface area contributed by atoms with Crippen molar-refractivity contribution in [2.45, 2.75) is 107 Å². The van der Waals surface area contributed by atoms with Gasteiger partial charge in [0.2, 0.25) is 0 Å². The normalized spacial score (nSPS) is 28.5. The quantitative estimate of drug-likeness (QED) is 0.223. The molecule has 38 heavy (non-hydrogen) atoms. The average Bonchev–Trinajstić information content (AvgIpc) is 3.43. The van der Waals surface area contributed by atoms with E-state index in [1.165, 1.54) is 6.07 Å². The number of esters is 2. The number of ether oxygens (including phenoxy) is 2. The zero-order valence-electron chi connectivity index (χ0n) is 25.0. The molecule has 3 rings (SSSR count). The van der Waals surface area contributed by atoms with Crippen LogP contribution in [0.4, 0.5) is 0 Å². The number of hydrogen-bond donors (Lipinski definition) is 1. The zero-order valence-corrected chi connectivity index (χ0v) is 25.0. The monoisotopic (exact) mass is 527 g/mol. The molecule has 0 amide bonds. The number of hydrogen-bond acceptors (Lipinski definition) is 6. The van der Waals surface area contributed by atoms with Crippen LogP contribution in [0, 0.1) is 39.9 Å². The number of carbonyl (C=O) groups is 3. The first-order chi connectivity index (χ1) is 17.5. The van der Waals surface area contributed by atoms with Gasteiger partial charge in [0, 0.05) is 6.07 Å². The van der Waals surface area contributed by atoms with Crippen molar-refractivity contribution in [3.05, 3.63) is 23.8 Å². The zero-order chi connectivity index (χ0) is 28.6. The Balaban J connectivity index is 1.89. The third-order valence-electron chi connectivity index (χ3n) is 9.28. The number of rotatable bonds is 8. The SMILES string of the molecule is CC(C)C1CCC(C)(C(=O)Oc2ccc(C(=O)C(N)C(C)(C)C)c(OC(=O)C3(C)CCC(C(C)C)C3)c2)C1. The standard InChI is InChI=1S/C32H49NO5/c1-19(2)21-12-14-31(8,17-21)28(35)37-23-10-11-24(26(34)27(33)30(5,6)7)25(16-23)38-29(36)32(9)15-13-22(18-32)20(3)4/h10-11,16,19-22,27H,12-15,17-18,33H2,1-9H3. The van der Waals surface area contributed by atoms with Crippen LogP contribution in [0.5, 0.6) is 11.5 Å². The van der Waals surface area contributed by atoms with Gasteiger partial charge in [0.05, 0.1) is 22.4 Å². The van der Waals surface area contributed by atoms with Gasteiger partial charge in [-0.25, -0.2) is 0 Å². The van der Waals surface area contributed by atoms with Gasteiger partial charge in [0.15, 0.2) is 5.78 Å². The van der Waals surface area contributed by atoms with Crippen LogP contribution in [-0.2, 0) is 9.59 Å². The van der Waals surface area contributed by atoms with Gasteiger partial charge in [-0.15, -0.1) is 0 Å². The average molecular weight is 528 g/mol. The van der Waals surface area contributed by atoms with E-state index in [0.717, 1.165) is 38.5 Å². The first-order valence-electron chi connectivity index (χ1n) is 14.4. The Morgan fingerprint density at radius 3 is 1.76 bits per heavy atom. The van der Waals surface area contributed by atoms with Crippen LogP contribution in [0.25, 0.3) is 0 Å². The molecule has 2 N–H and O–H groups in total. The Morgan fingerprint density at radius 1 is 0.868 bits per heavy atom. The maximum Gasteiger partial charge on any atom is 0.317 e. The van der Waals surface area contributed by atoms with Crippen LogP contribution in [0.1, 0.15) is 111 Å². The summed E-state index contributed by atoms with van der Waals surface area (Å²) >= 11 is 0. The van der Waals surface area contributed by atoms with Gasteiger partial charge in [-0.3, -0.25) is 14.4 Å². The number of carbonyl (C=O) groups excluding carboxylic acids is 3. The van der Waals surface area contributed by atoms with Crippen molar-refractivity contribution in [2.75, 3.05) is 0 Å². The summed E-state index contributed by atoms with van der Waals surface area (Å²) in [5.74, 6) is 1.37. The van der Waals surface area contributed by atoms with Crippen LogP contribution >= 0.6 is 0 Å². The molecule has 0 heterocycles. The molecule has 0 spiro atoms. The minimum atomic E-state index is -0.786. The topological polar surface area (TPSA) is 95.7 Å². The summed E-state index contributed by atoms with van der Waals surface area (Å²) in [5.41, 5.74) is 4.88.